The van der Waals surface area contributed by atoms with Crippen LogP contribution in [0, 0.1) is 0 Å². The number of rotatable bonds is 3. The maximum atomic E-state index is 11.8. The lowest BCUT2D eigenvalue weighted by Crippen LogP contribution is -2.33. The summed E-state index contributed by atoms with van der Waals surface area (Å²) in [7, 11) is 0. The number of aliphatic carboxylic acids is 1. The Morgan fingerprint density at radius 3 is 2.33 bits per heavy atom. The van der Waals surface area contributed by atoms with E-state index < -0.39 is 11.4 Å². The Balaban J connectivity index is 1.91. The number of carbonyl (C=O) groups is 1. The maximum absolute atomic E-state index is 11.8. The fraction of sp³-hybridized carbons (Fsp3) is 0.588. The first-order chi connectivity index (χ1) is 10.1. The van der Waals surface area contributed by atoms with Crippen molar-refractivity contribution in [2.75, 3.05) is 18.0 Å². The summed E-state index contributed by atoms with van der Waals surface area (Å²) in [6.45, 7) is 2.20. The van der Waals surface area contributed by atoms with Gasteiger partial charge < -0.3 is 10.0 Å². The quantitative estimate of drug-likeness (QED) is 0.880. The van der Waals surface area contributed by atoms with Crippen LogP contribution >= 0.6 is 15.9 Å². The topological polar surface area (TPSA) is 40.5 Å². The van der Waals surface area contributed by atoms with Crippen molar-refractivity contribution >= 4 is 27.6 Å². The van der Waals surface area contributed by atoms with Crippen molar-refractivity contribution in [3.63, 3.8) is 0 Å². The van der Waals surface area contributed by atoms with Crippen LogP contribution in [0.4, 0.5) is 5.69 Å². The van der Waals surface area contributed by atoms with Crippen LogP contribution in [0.25, 0.3) is 0 Å². The second-order valence-electron chi connectivity index (χ2n) is 6.31. The summed E-state index contributed by atoms with van der Waals surface area (Å²) >= 11 is 3.67. The van der Waals surface area contributed by atoms with Gasteiger partial charge in [0.05, 0.1) is 11.1 Å². The van der Waals surface area contributed by atoms with Gasteiger partial charge >= 0.3 is 5.97 Å². The van der Waals surface area contributed by atoms with Crippen LogP contribution in [-0.4, -0.2) is 24.2 Å². The van der Waals surface area contributed by atoms with Crippen LogP contribution in [-0.2, 0) is 10.2 Å². The number of halogens is 1. The summed E-state index contributed by atoms with van der Waals surface area (Å²) in [5, 5.41) is 9.70. The molecule has 114 valence electrons. The second kappa shape index (κ2) is 5.99. The summed E-state index contributed by atoms with van der Waals surface area (Å²) in [5.74, 6) is -0.669. The number of carboxylic acids is 1. The number of nitrogens with zero attached hydrogens (tertiary/aromatic N) is 1. The molecule has 1 aromatic carbocycles. The van der Waals surface area contributed by atoms with Gasteiger partial charge in [0.15, 0.2) is 0 Å². The zero-order valence-corrected chi connectivity index (χ0v) is 13.9. The van der Waals surface area contributed by atoms with E-state index in [0.717, 1.165) is 48.8 Å². The van der Waals surface area contributed by atoms with E-state index in [1.54, 1.807) is 0 Å². The zero-order valence-electron chi connectivity index (χ0n) is 12.3. The smallest absolute Gasteiger partial charge is 0.314 e. The Bertz CT molecular complexity index is 532. The van der Waals surface area contributed by atoms with Crippen LogP contribution in [0.2, 0.25) is 0 Å². The van der Waals surface area contributed by atoms with E-state index in [4.69, 9.17) is 0 Å². The molecule has 0 spiro atoms. The van der Waals surface area contributed by atoms with Crippen LogP contribution in [0.1, 0.15) is 50.5 Å². The Labute approximate surface area is 134 Å². The Kier molecular flexibility index (Phi) is 4.25. The minimum Gasteiger partial charge on any atom is -0.481 e. The van der Waals surface area contributed by atoms with Crippen molar-refractivity contribution in [3.05, 3.63) is 28.2 Å². The zero-order chi connectivity index (χ0) is 14.9. The van der Waals surface area contributed by atoms with Crippen molar-refractivity contribution in [1.29, 1.82) is 0 Å². The Hall–Kier alpha value is -1.03. The molecule has 4 heteroatoms. The Morgan fingerprint density at radius 1 is 1.10 bits per heavy atom. The van der Waals surface area contributed by atoms with Gasteiger partial charge in [-0.15, -0.1) is 0 Å². The molecule has 3 rings (SSSR count). The van der Waals surface area contributed by atoms with E-state index in [-0.39, 0.29) is 0 Å². The van der Waals surface area contributed by atoms with Crippen LogP contribution in [0.3, 0.4) is 0 Å². The predicted octanol–water partition coefficient (Wildman–Crippen LogP) is 4.34. The first kappa shape index (κ1) is 14.9. The van der Waals surface area contributed by atoms with Gasteiger partial charge in [0.25, 0.3) is 0 Å². The molecule has 1 saturated carbocycles. The molecule has 0 amide bonds. The Morgan fingerprint density at radius 2 is 1.76 bits per heavy atom. The van der Waals surface area contributed by atoms with E-state index in [9.17, 15) is 9.90 Å². The van der Waals surface area contributed by atoms with E-state index in [0.29, 0.717) is 0 Å². The van der Waals surface area contributed by atoms with Gasteiger partial charge in [-0.3, -0.25) is 4.79 Å². The molecular formula is C17H22BrNO2. The minimum absolute atomic E-state index is 0.664. The average Bonchev–Trinajstić information content (AvgIpc) is 2.99. The molecule has 0 bridgehead atoms. The number of benzene rings is 1. The highest BCUT2D eigenvalue weighted by molar-refractivity contribution is 9.10. The molecule has 2 fully saturated rings. The molecule has 1 N–H and O–H groups in total. The molecule has 1 aliphatic heterocycles. The predicted molar refractivity (Wildman–Crippen MR) is 88.0 cm³/mol. The lowest BCUT2D eigenvalue weighted by Gasteiger charge is -2.31. The van der Waals surface area contributed by atoms with Crippen molar-refractivity contribution < 1.29 is 9.90 Å². The van der Waals surface area contributed by atoms with E-state index in [2.05, 4.69) is 26.9 Å². The third kappa shape index (κ3) is 2.70. The largest absolute Gasteiger partial charge is 0.481 e. The van der Waals surface area contributed by atoms with Crippen molar-refractivity contribution in [2.24, 2.45) is 0 Å². The van der Waals surface area contributed by atoms with Gasteiger partial charge in [-0.2, -0.15) is 0 Å². The summed E-state index contributed by atoms with van der Waals surface area (Å²) < 4.78 is 1.04. The fourth-order valence-corrected chi connectivity index (χ4v) is 4.43. The molecule has 1 heterocycles. The van der Waals surface area contributed by atoms with Crippen LogP contribution in [0.15, 0.2) is 22.7 Å². The fourth-order valence-electron chi connectivity index (χ4n) is 3.80. The highest BCUT2D eigenvalue weighted by atomic mass is 79.9. The van der Waals surface area contributed by atoms with Gasteiger partial charge in [-0.05, 0) is 65.7 Å². The number of hydrogen-bond acceptors (Lipinski definition) is 2. The molecule has 0 unspecified atom stereocenters. The average molecular weight is 352 g/mol. The molecule has 3 nitrogen and oxygen atoms in total. The molecule has 0 atom stereocenters. The first-order valence-corrected chi connectivity index (χ1v) is 8.71. The maximum Gasteiger partial charge on any atom is 0.314 e. The highest BCUT2D eigenvalue weighted by Crippen LogP contribution is 2.43. The number of piperidine rings is 1. The van der Waals surface area contributed by atoms with Gasteiger partial charge in [-0.1, -0.05) is 18.9 Å². The first-order valence-electron chi connectivity index (χ1n) is 7.92. The second-order valence-corrected chi connectivity index (χ2v) is 7.16. The van der Waals surface area contributed by atoms with Crippen molar-refractivity contribution in [1.82, 2.24) is 0 Å². The van der Waals surface area contributed by atoms with E-state index >= 15 is 0 Å². The molecule has 0 radical (unpaired) electrons. The standard InChI is InChI=1S/C17H22BrNO2/c18-14-12-13(17(16(20)21)8-2-3-9-17)6-7-15(14)19-10-4-1-5-11-19/h6-7,12H,1-5,8-11H2,(H,20,21). The third-order valence-corrected chi connectivity index (χ3v) is 5.70. The van der Waals surface area contributed by atoms with Crippen LogP contribution < -0.4 is 4.90 Å². The lowest BCUT2D eigenvalue weighted by atomic mass is 9.79. The lowest BCUT2D eigenvalue weighted by molar-refractivity contribution is -0.143. The third-order valence-electron chi connectivity index (χ3n) is 5.06. The molecular weight excluding hydrogens is 330 g/mol. The minimum atomic E-state index is -0.669. The molecule has 21 heavy (non-hydrogen) atoms. The number of carboxylic acid groups (broad SMARTS) is 1. The summed E-state index contributed by atoms with van der Waals surface area (Å²) in [4.78, 5) is 14.2. The van der Waals surface area contributed by atoms with Crippen LogP contribution in [0.5, 0.6) is 0 Å². The van der Waals surface area contributed by atoms with Crippen molar-refractivity contribution in [3.8, 4) is 0 Å². The van der Waals surface area contributed by atoms with Gasteiger partial charge in [0.2, 0.25) is 0 Å². The summed E-state index contributed by atoms with van der Waals surface area (Å²) in [6, 6.07) is 6.19. The van der Waals surface area contributed by atoms with E-state index in [1.807, 2.05) is 12.1 Å². The molecule has 2 aliphatic rings. The SMILES string of the molecule is O=C(O)C1(c2ccc(N3CCCCC3)c(Br)c2)CCCC1. The van der Waals surface area contributed by atoms with E-state index in [1.165, 1.54) is 24.9 Å². The number of anilines is 1. The summed E-state index contributed by atoms with van der Waals surface area (Å²) in [6.07, 6.45) is 7.35. The summed E-state index contributed by atoms with van der Waals surface area (Å²) in [5.41, 5.74) is 1.50. The monoisotopic (exact) mass is 351 g/mol. The van der Waals surface area contributed by atoms with Gasteiger partial charge in [0, 0.05) is 17.6 Å². The molecule has 1 aliphatic carbocycles. The van der Waals surface area contributed by atoms with Gasteiger partial charge in [-0.25, -0.2) is 0 Å². The number of hydrogen-bond donors (Lipinski definition) is 1. The highest BCUT2D eigenvalue weighted by Gasteiger charge is 2.43. The molecule has 1 aromatic rings. The van der Waals surface area contributed by atoms with Crippen molar-refractivity contribution in [2.45, 2.75) is 50.4 Å². The van der Waals surface area contributed by atoms with Gasteiger partial charge in [0.1, 0.15) is 0 Å². The molecule has 1 saturated heterocycles. The molecule has 0 aromatic heterocycles. The normalized spacial score (nSPS) is 21.5.